The highest BCUT2D eigenvalue weighted by Gasteiger charge is 2.22. The van der Waals surface area contributed by atoms with Crippen molar-refractivity contribution in [3.8, 4) is 0 Å². The molecular weight excluding hydrogens is 320 g/mol. The Bertz CT molecular complexity index is 465. The molecule has 9 heteroatoms. The number of aromatic nitrogens is 3. The summed E-state index contributed by atoms with van der Waals surface area (Å²) < 4.78 is 27.3. The Morgan fingerprint density at radius 1 is 1.56 bits per heavy atom. The summed E-state index contributed by atoms with van der Waals surface area (Å²) in [6.45, 7) is 0.173. The van der Waals surface area contributed by atoms with Gasteiger partial charge in [-0.2, -0.15) is 0 Å². The van der Waals surface area contributed by atoms with Crippen LogP contribution < -0.4 is 4.72 Å². The third kappa shape index (κ3) is 3.27. The van der Waals surface area contributed by atoms with Gasteiger partial charge in [0, 0.05) is 19.5 Å². The molecule has 90 valence electrons. The zero-order chi connectivity index (χ0) is 12.2. The Labute approximate surface area is 107 Å². The first kappa shape index (κ1) is 13.6. The van der Waals surface area contributed by atoms with Crippen molar-refractivity contribution in [1.29, 1.82) is 0 Å². The van der Waals surface area contributed by atoms with Crippen LogP contribution in [0, 0.1) is 0 Å². The van der Waals surface area contributed by atoms with E-state index < -0.39 is 10.0 Å². The number of rotatable bonds is 5. The van der Waals surface area contributed by atoms with E-state index in [9.17, 15) is 8.42 Å². The van der Waals surface area contributed by atoms with Crippen molar-refractivity contribution in [1.82, 2.24) is 19.7 Å². The summed E-state index contributed by atoms with van der Waals surface area (Å²) in [6, 6.07) is 0. The predicted molar refractivity (Wildman–Crippen MR) is 63.8 cm³/mol. The van der Waals surface area contributed by atoms with Crippen molar-refractivity contribution >= 4 is 37.6 Å². The molecule has 0 fully saturated rings. The Hall–Kier alpha value is -0.440. The van der Waals surface area contributed by atoms with Crippen molar-refractivity contribution in [2.75, 3.05) is 12.4 Å². The summed E-state index contributed by atoms with van der Waals surface area (Å²) in [4.78, 5) is 0. The molecule has 16 heavy (non-hydrogen) atoms. The van der Waals surface area contributed by atoms with Crippen LogP contribution in [0.4, 0.5) is 0 Å². The SMILES string of the molecule is Cn1nnc(Br)c1S(=O)(=O)NC/C=C/CCl. The lowest BCUT2D eigenvalue weighted by Gasteiger charge is -2.03. The average Bonchev–Trinajstić information content (AvgIpc) is 2.54. The van der Waals surface area contributed by atoms with Gasteiger partial charge in [0.2, 0.25) is 5.03 Å². The van der Waals surface area contributed by atoms with E-state index in [0.29, 0.717) is 5.88 Å². The molecule has 0 aliphatic carbocycles. The van der Waals surface area contributed by atoms with Gasteiger partial charge in [0.1, 0.15) is 0 Å². The van der Waals surface area contributed by atoms with E-state index >= 15 is 0 Å². The summed E-state index contributed by atoms with van der Waals surface area (Å²) in [5.74, 6) is 0.346. The molecule has 1 N–H and O–H groups in total. The van der Waals surface area contributed by atoms with Crippen molar-refractivity contribution in [3.05, 3.63) is 16.8 Å². The van der Waals surface area contributed by atoms with Gasteiger partial charge in [-0.1, -0.05) is 17.4 Å². The van der Waals surface area contributed by atoms with Gasteiger partial charge in [0.05, 0.1) is 0 Å². The highest BCUT2D eigenvalue weighted by Crippen LogP contribution is 2.17. The Balaban J connectivity index is 2.83. The van der Waals surface area contributed by atoms with Gasteiger partial charge in [-0.05, 0) is 15.9 Å². The van der Waals surface area contributed by atoms with E-state index in [1.54, 1.807) is 12.2 Å². The van der Waals surface area contributed by atoms with E-state index in [2.05, 4.69) is 31.0 Å². The van der Waals surface area contributed by atoms with Gasteiger partial charge < -0.3 is 0 Å². The summed E-state index contributed by atoms with van der Waals surface area (Å²) in [5.41, 5.74) is 0. The van der Waals surface area contributed by atoms with E-state index in [4.69, 9.17) is 11.6 Å². The van der Waals surface area contributed by atoms with Crippen molar-refractivity contribution in [2.24, 2.45) is 7.05 Å². The molecule has 0 radical (unpaired) electrons. The highest BCUT2D eigenvalue weighted by molar-refractivity contribution is 9.10. The number of alkyl halides is 1. The minimum Gasteiger partial charge on any atom is -0.235 e. The molecule has 0 bridgehead atoms. The molecule has 0 amide bonds. The first-order chi connectivity index (χ1) is 7.49. The smallest absolute Gasteiger partial charge is 0.235 e. The molecule has 1 heterocycles. The Kier molecular flexibility index (Phi) is 4.90. The number of hydrogen-bond donors (Lipinski definition) is 1. The first-order valence-corrected chi connectivity index (χ1v) is 7.06. The number of allylic oxidation sites excluding steroid dienone is 1. The van der Waals surface area contributed by atoms with E-state index in [-0.39, 0.29) is 16.2 Å². The zero-order valence-corrected chi connectivity index (χ0v) is 11.5. The van der Waals surface area contributed by atoms with Crippen molar-refractivity contribution in [3.63, 3.8) is 0 Å². The summed E-state index contributed by atoms with van der Waals surface area (Å²) >= 11 is 8.43. The van der Waals surface area contributed by atoms with Crippen LogP contribution in [0.2, 0.25) is 0 Å². The van der Waals surface area contributed by atoms with Crippen LogP contribution in [0.3, 0.4) is 0 Å². The van der Waals surface area contributed by atoms with Crippen LogP contribution >= 0.6 is 27.5 Å². The normalized spacial score (nSPS) is 12.4. The second-order valence-electron chi connectivity index (χ2n) is 2.79. The molecule has 1 aromatic rings. The number of aryl methyl sites for hydroxylation is 1. The molecule has 0 atom stereocenters. The molecule has 0 aliphatic rings. The second-order valence-corrected chi connectivity index (χ2v) is 5.53. The third-order valence-corrected chi connectivity index (χ3v) is 4.13. The van der Waals surface area contributed by atoms with Crippen LogP contribution in [0.5, 0.6) is 0 Å². The van der Waals surface area contributed by atoms with Gasteiger partial charge in [0.25, 0.3) is 10.0 Å². The van der Waals surface area contributed by atoms with Gasteiger partial charge in [-0.3, -0.25) is 0 Å². The van der Waals surface area contributed by atoms with Gasteiger partial charge in [-0.15, -0.1) is 16.7 Å². The minimum absolute atomic E-state index is 0.00762. The third-order valence-electron chi connectivity index (χ3n) is 1.64. The number of nitrogens with zero attached hydrogens (tertiary/aromatic N) is 3. The van der Waals surface area contributed by atoms with Crippen LogP contribution in [-0.2, 0) is 17.1 Å². The molecular formula is C7H10BrClN4O2S. The first-order valence-electron chi connectivity index (χ1n) is 4.25. The van der Waals surface area contributed by atoms with Crippen LogP contribution in [0.1, 0.15) is 0 Å². The monoisotopic (exact) mass is 328 g/mol. The molecule has 1 aromatic heterocycles. The average molecular weight is 330 g/mol. The van der Waals surface area contributed by atoms with Crippen molar-refractivity contribution < 1.29 is 8.42 Å². The fraction of sp³-hybridized carbons (Fsp3) is 0.429. The number of hydrogen-bond acceptors (Lipinski definition) is 4. The summed E-state index contributed by atoms with van der Waals surface area (Å²) in [5, 5.41) is 7.18. The molecule has 0 spiro atoms. The quantitative estimate of drug-likeness (QED) is 0.636. The van der Waals surface area contributed by atoms with Crippen molar-refractivity contribution in [2.45, 2.75) is 5.03 Å². The maximum Gasteiger partial charge on any atom is 0.260 e. The van der Waals surface area contributed by atoms with Crippen LogP contribution in [0.15, 0.2) is 21.8 Å². The second kappa shape index (κ2) is 5.76. The van der Waals surface area contributed by atoms with Crippen LogP contribution in [0.25, 0.3) is 0 Å². The van der Waals surface area contributed by atoms with Crippen LogP contribution in [-0.4, -0.2) is 35.8 Å². The zero-order valence-electron chi connectivity index (χ0n) is 8.39. The molecule has 0 saturated heterocycles. The Morgan fingerprint density at radius 2 is 2.25 bits per heavy atom. The lowest BCUT2D eigenvalue weighted by molar-refractivity contribution is 0.564. The standard InChI is InChI=1S/C7H10BrClN4O2S/c1-13-7(6(8)11-12-13)16(14,15)10-5-3-2-4-9/h2-3,10H,4-5H2,1H3/b3-2+. The van der Waals surface area contributed by atoms with Gasteiger partial charge in [-0.25, -0.2) is 17.8 Å². The lowest BCUT2D eigenvalue weighted by Crippen LogP contribution is -2.26. The topological polar surface area (TPSA) is 76.9 Å². The largest absolute Gasteiger partial charge is 0.260 e. The van der Waals surface area contributed by atoms with E-state index in [1.165, 1.54) is 11.7 Å². The maximum atomic E-state index is 11.8. The molecule has 0 aliphatic heterocycles. The van der Waals surface area contributed by atoms with E-state index in [1.807, 2.05) is 0 Å². The number of halogens is 2. The Morgan fingerprint density at radius 3 is 2.75 bits per heavy atom. The summed E-state index contributed by atoms with van der Waals surface area (Å²) in [7, 11) is -2.11. The predicted octanol–water partition coefficient (Wildman–Crippen LogP) is 0.651. The number of nitrogens with one attached hydrogen (secondary N) is 1. The fourth-order valence-electron chi connectivity index (χ4n) is 0.981. The van der Waals surface area contributed by atoms with E-state index in [0.717, 1.165) is 0 Å². The van der Waals surface area contributed by atoms with Gasteiger partial charge >= 0.3 is 0 Å². The number of sulfonamides is 1. The summed E-state index contributed by atoms with van der Waals surface area (Å²) in [6.07, 6.45) is 3.28. The maximum absolute atomic E-state index is 11.8. The molecule has 0 aromatic carbocycles. The molecule has 0 saturated carbocycles. The van der Waals surface area contributed by atoms with Gasteiger partial charge in [0.15, 0.2) is 4.60 Å². The molecule has 6 nitrogen and oxygen atoms in total. The molecule has 1 rings (SSSR count). The molecule has 0 unspecified atom stereocenters. The minimum atomic E-state index is -3.61. The fourth-order valence-corrected chi connectivity index (χ4v) is 3.17. The lowest BCUT2D eigenvalue weighted by atomic mass is 10.5. The highest BCUT2D eigenvalue weighted by atomic mass is 79.9.